The second kappa shape index (κ2) is 7.45. The van der Waals surface area contributed by atoms with Crippen molar-refractivity contribution in [2.24, 2.45) is 0 Å². The van der Waals surface area contributed by atoms with Crippen molar-refractivity contribution in [1.29, 1.82) is 0 Å². The fourth-order valence-corrected chi connectivity index (χ4v) is 2.08. The second-order valence-electron chi connectivity index (χ2n) is 4.75. The van der Waals surface area contributed by atoms with Crippen LogP contribution in [-0.4, -0.2) is 22.8 Å². The number of rotatable bonds is 7. The molecule has 4 nitrogen and oxygen atoms in total. The maximum Gasteiger partial charge on any atom is 0.307 e. The van der Waals surface area contributed by atoms with E-state index in [4.69, 9.17) is 14.9 Å². The Labute approximate surface area is 123 Å². The molecular weight excluding hydrogens is 268 g/mol. The number of carboxylic acid groups (broad SMARTS) is 1. The van der Waals surface area contributed by atoms with E-state index >= 15 is 0 Å². The molecule has 2 N–H and O–H groups in total. The minimum Gasteiger partial charge on any atom is -0.489 e. The smallest absolute Gasteiger partial charge is 0.307 e. The van der Waals surface area contributed by atoms with Crippen molar-refractivity contribution in [3.63, 3.8) is 0 Å². The van der Waals surface area contributed by atoms with Gasteiger partial charge in [-0.1, -0.05) is 36.4 Å². The Kier molecular flexibility index (Phi) is 5.35. The van der Waals surface area contributed by atoms with Crippen LogP contribution in [0.1, 0.15) is 16.7 Å². The third-order valence-electron chi connectivity index (χ3n) is 3.18. The predicted octanol–water partition coefficient (Wildman–Crippen LogP) is 2.43. The van der Waals surface area contributed by atoms with Gasteiger partial charge in [-0.05, 0) is 35.2 Å². The van der Waals surface area contributed by atoms with Gasteiger partial charge in [0, 0.05) is 6.61 Å². The highest BCUT2D eigenvalue weighted by molar-refractivity contribution is 5.70. The number of benzene rings is 2. The summed E-state index contributed by atoms with van der Waals surface area (Å²) < 4.78 is 5.69. The van der Waals surface area contributed by atoms with Gasteiger partial charge in [-0.15, -0.1) is 0 Å². The van der Waals surface area contributed by atoms with E-state index in [0.29, 0.717) is 13.0 Å². The average molecular weight is 286 g/mol. The number of aliphatic carboxylic acids is 1. The lowest BCUT2D eigenvalue weighted by atomic mass is 10.1. The van der Waals surface area contributed by atoms with Crippen LogP contribution in [0.15, 0.2) is 48.5 Å². The van der Waals surface area contributed by atoms with Crippen LogP contribution < -0.4 is 4.74 Å². The maximum absolute atomic E-state index is 10.8. The molecule has 0 unspecified atom stereocenters. The normalized spacial score (nSPS) is 10.3. The Balaban J connectivity index is 2.00. The summed E-state index contributed by atoms with van der Waals surface area (Å²) in [7, 11) is 0. The van der Waals surface area contributed by atoms with E-state index in [-0.39, 0.29) is 13.0 Å². The first kappa shape index (κ1) is 15.1. The summed E-state index contributed by atoms with van der Waals surface area (Å²) in [5.74, 6) is -0.127. The molecule has 0 atom stereocenters. The fourth-order valence-electron chi connectivity index (χ4n) is 2.08. The van der Waals surface area contributed by atoms with Crippen LogP contribution in [0.4, 0.5) is 0 Å². The van der Waals surface area contributed by atoms with Gasteiger partial charge in [-0.25, -0.2) is 0 Å². The zero-order valence-electron chi connectivity index (χ0n) is 11.7. The van der Waals surface area contributed by atoms with Gasteiger partial charge in [0.25, 0.3) is 0 Å². The van der Waals surface area contributed by atoms with E-state index < -0.39 is 5.97 Å². The molecule has 0 aliphatic carbocycles. The van der Waals surface area contributed by atoms with Crippen molar-refractivity contribution in [3.05, 3.63) is 65.2 Å². The number of aliphatic hydroxyl groups excluding tert-OH is 1. The van der Waals surface area contributed by atoms with Gasteiger partial charge >= 0.3 is 5.97 Å². The molecule has 0 aliphatic rings. The largest absolute Gasteiger partial charge is 0.489 e. The summed E-state index contributed by atoms with van der Waals surface area (Å²) in [4.78, 5) is 10.8. The predicted molar refractivity (Wildman–Crippen MR) is 79.3 cm³/mol. The molecule has 0 radical (unpaired) electrons. The van der Waals surface area contributed by atoms with Gasteiger partial charge in [-0.3, -0.25) is 4.79 Å². The van der Waals surface area contributed by atoms with Crippen LogP contribution in [0.5, 0.6) is 5.75 Å². The SMILES string of the molecule is O=C(O)Cc1ccccc1COc1ccc(CCO)cc1. The highest BCUT2D eigenvalue weighted by Gasteiger charge is 2.06. The zero-order valence-corrected chi connectivity index (χ0v) is 11.7. The Bertz CT molecular complexity index is 590. The highest BCUT2D eigenvalue weighted by Crippen LogP contribution is 2.16. The van der Waals surface area contributed by atoms with Crippen molar-refractivity contribution >= 4 is 5.97 Å². The number of carboxylic acids is 1. The molecule has 0 aliphatic heterocycles. The molecule has 0 heterocycles. The minimum atomic E-state index is -0.851. The topological polar surface area (TPSA) is 66.8 Å². The molecule has 0 spiro atoms. The molecule has 0 fully saturated rings. The van der Waals surface area contributed by atoms with Gasteiger partial charge in [-0.2, -0.15) is 0 Å². The van der Waals surface area contributed by atoms with Crippen LogP contribution in [-0.2, 0) is 24.2 Å². The van der Waals surface area contributed by atoms with E-state index in [1.165, 1.54) is 0 Å². The van der Waals surface area contributed by atoms with E-state index in [1.54, 1.807) is 6.07 Å². The lowest BCUT2D eigenvalue weighted by molar-refractivity contribution is -0.136. The molecule has 2 rings (SSSR count). The Morgan fingerprint density at radius 3 is 2.29 bits per heavy atom. The van der Waals surface area contributed by atoms with Gasteiger partial charge in [0.1, 0.15) is 12.4 Å². The van der Waals surface area contributed by atoms with E-state index in [1.807, 2.05) is 42.5 Å². The molecule has 0 aromatic heterocycles. The van der Waals surface area contributed by atoms with E-state index in [0.717, 1.165) is 22.4 Å². The van der Waals surface area contributed by atoms with E-state index in [9.17, 15) is 4.79 Å². The van der Waals surface area contributed by atoms with Crippen LogP contribution in [0.2, 0.25) is 0 Å². The summed E-state index contributed by atoms with van der Waals surface area (Å²) >= 11 is 0. The fraction of sp³-hybridized carbons (Fsp3) is 0.235. The molecule has 2 aromatic rings. The van der Waals surface area contributed by atoms with Crippen LogP contribution in [0.3, 0.4) is 0 Å². The Hall–Kier alpha value is -2.33. The second-order valence-corrected chi connectivity index (χ2v) is 4.75. The summed E-state index contributed by atoms with van der Waals surface area (Å²) in [6.45, 7) is 0.464. The molecule has 110 valence electrons. The monoisotopic (exact) mass is 286 g/mol. The molecule has 0 amide bonds. The Morgan fingerprint density at radius 2 is 1.67 bits per heavy atom. The van der Waals surface area contributed by atoms with Gasteiger partial charge in [0.05, 0.1) is 6.42 Å². The molecule has 4 heteroatoms. The molecule has 0 bridgehead atoms. The third-order valence-corrected chi connectivity index (χ3v) is 3.18. The van der Waals surface area contributed by atoms with Gasteiger partial charge in [0.2, 0.25) is 0 Å². The first-order valence-corrected chi connectivity index (χ1v) is 6.80. The van der Waals surface area contributed by atoms with Crippen LogP contribution in [0.25, 0.3) is 0 Å². The van der Waals surface area contributed by atoms with Crippen LogP contribution in [0, 0.1) is 0 Å². The zero-order chi connectivity index (χ0) is 15.1. The van der Waals surface area contributed by atoms with Crippen molar-refractivity contribution in [2.45, 2.75) is 19.4 Å². The van der Waals surface area contributed by atoms with Crippen LogP contribution >= 0.6 is 0 Å². The lowest BCUT2D eigenvalue weighted by Gasteiger charge is -2.10. The van der Waals surface area contributed by atoms with Gasteiger partial charge in [0.15, 0.2) is 0 Å². The third kappa shape index (κ3) is 4.61. The maximum atomic E-state index is 10.8. The standard InChI is InChI=1S/C17H18O4/c18-10-9-13-5-7-16(8-6-13)21-12-15-4-2-1-3-14(15)11-17(19)20/h1-8,18H,9-12H2,(H,19,20). The average Bonchev–Trinajstić information content (AvgIpc) is 2.48. The first-order valence-electron chi connectivity index (χ1n) is 6.80. The van der Waals surface area contributed by atoms with Crippen molar-refractivity contribution < 1.29 is 19.7 Å². The van der Waals surface area contributed by atoms with Crippen molar-refractivity contribution in [3.8, 4) is 5.75 Å². The quantitative estimate of drug-likeness (QED) is 0.820. The molecule has 2 aromatic carbocycles. The first-order chi connectivity index (χ1) is 10.2. The molecule has 21 heavy (non-hydrogen) atoms. The minimum absolute atomic E-state index is 0.00499. The van der Waals surface area contributed by atoms with Crippen molar-refractivity contribution in [1.82, 2.24) is 0 Å². The lowest BCUT2D eigenvalue weighted by Crippen LogP contribution is -2.05. The molecule has 0 saturated heterocycles. The number of aliphatic hydroxyl groups is 1. The number of ether oxygens (including phenoxy) is 1. The number of hydrogen-bond donors (Lipinski definition) is 2. The number of hydrogen-bond acceptors (Lipinski definition) is 3. The van der Waals surface area contributed by atoms with Gasteiger partial charge < -0.3 is 14.9 Å². The summed E-state index contributed by atoms with van der Waals surface area (Å²) in [5, 5.41) is 17.8. The molecule has 0 saturated carbocycles. The highest BCUT2D eigenvalue weighted by atomic mass is 16.5. The summed E-state index contributed by atoms with van der Waals surface area (Å²) in [6, 6.07) is 14.9. The Morgan fingerprint density at radius 1 is 1.00 bits per heavy atom. The van der Waals surface area contributed by atoms with Crippen molar-refractivity contribution in [2.75, 3.05) is 6.61 Å². The molecular formula is C17H18O4. The van der Waals surface area contributed by atoms with E-state index in [2.05, 4.69) is 0 Å². The summed E-state index contributed by atoms with van der Waals surface area (Å²) in [5.41, 5.74) is 2.69. The number of carbonyl (C=O) groups is 1. The summed E-state index contributed by atoms with van der Waals surface area (Å²) in [6.07, 6.45) is 0.622.